The SMILES string of the molecule is O=C(O)CN(CCOc1cccc(F)c1)C(=O)OCC1c2ccccc2-c2ccccc21. The zero-order valence-corrected chi connectivity index (χ0v) is 17.2. The third-order valence-corrected chi connectivity index (χ3v) is 5.35. The lowest BCUT2D eigenvalue weighted by Gasteiger charge is -2.22. The Balaban J connectivity index is 1.41. The third kappa shape index (κ3) is 4.72. The molecule has 32 heavy (non-hydrogen) atoms. The maximum Gasteiger partial charge on any atom is 0.410 e. The van der Waals surface area contributed by atoms with Crippen LogP contribution in [0.3, 0.4) is 0 Å². The van der Waals surface area contributed by atoms with E-state index < -0.39 is 24.4 Å². The molecule has 0 unspecified atom stereocenters. The zero-order chi connectivity index (χ0) is 22.5. The van der Waals surface area contributed by atoms with Crippen molar-refractivity contribution in [1.82, 2.24) is 4.90 Å². The number of benzene rings is 3. The molecule has 4 rings (SSSR count). The smallest absolute Gasteiger partial charge is 0.410 e. The Morgan fingerprint density at radius 3 is 2.22 bits per heavy atom. The van der Waals surface area contributed by atoms with Crippen molar-refractivity contribution in [2.45, 2.75) is 5.92 Å². The van der Waals surface area contributed by atoms with E-state index in [1.807, 2.05) is 48.5 Å². The number of amides is 1. The van der Waals surface area contributed by atoms with Gasteiger partial charge in [0.05, 0.1) is 6.54 Å². The third-order valence-electron chi connectivity index (χ3n) is 5.35. The summed E-state index contributed by atoms with van der Waals surface area (Å²) in [6.45, 7) is -0.447. The molecular formula is C25H22FNO5. The first-order valence-electron chi connectivity index (χ1n) is 10.2. The summed E-state index contributed by atoms with van der Waals surface area (Å²) in [5.74, 6) is -1.43. The highest BCUT2D eigenvalue weighted by Gasteiger charge is 2.30. The van der Waals surface area contributed by atoms with Gasteiger partial charge in [0.1, 0.15) is 31.3 Å². The van der Waals surface area contributed by atoms with E-state index in [1.165, 1.54) is 18.2 Å². The predicted molar refractivity (Wildman–Crippen MR) is 116 cm³/mol. The van der Waals surface area contributed by atoms with Gasteiger partial charge >= 0.3 is 12.1 Å². The number of rotatable bonds is 8. The Morgan fingerprint density at radius 2 is 1.59 bits per heavy atom. The van der Waals surface area contributed by atoms with Gasteiger partial charge in [-0.3, -0.25) is 9.69 Å². The lowest BCUT2D eigenvalue weighted by molar-refractivity contribution is -0.138. The number of fused-ring (bicyclic) bond motifs is 3. The molecule has 0 spiro atoms. The normalized spacial score (nSPS) is 12.0. The van der Waals surface area contributed by atoms with Crippen LogP contribution in [0.2, 0.25) is 0 Å². The molecule has 3 aromatic rings. The number of aliphatic carboxylic acids is 1. The standard InChI is InChI=1S/C25H22FNO5/c26-17-6-5-7-18(14-17)31-13-12-27(15-24(28)29)25(30)32-16-23-21-10-3-1-8-19(21)20-9-2-4-11-22(20)23/h1-11,14,23H,12-13,15-16H2,(H,28,29). The molecule has 3 aromatic carbocycles. The number of hydrogen-bond donors (Lipinski definition) is 1. The number of hydrogen-bond acceptors (Lipinski definition) is 4. The summed E-state index contributed by atoms with van der Waals surface area (Å²) in [6, 6.07) is 21.5. The highest BCUT2D eigenvalue weighted by Crippen LogP contribution is 2.44. The number of ether oxygens (including phenoxy) is 2. The zero-order valence-electron chi connectivity index (χ0n) is 17.2. The average molecular weight is 435 g/mol. The first kappa shape index (κ1) is 21.4. The van der Waals surface area contributed by atoms with Gasteiger partial charge in [-0.25, -0.2) is 9.18 Å². The van der Waals surface area contributed by atoms with Crippen LogP contribution in [0, 0.1) is 5.82 Å². The fraction of sp³-hybridized carbons (Fsp3) is 0.200. The predicted octanol–water partition coefficient (Wildman–Crippen LogP) is 4.54. The molecule has 1 aliphatic carbocycles. The molecule has 0 saturated heterocycles. The molecule has 6 nitrogen and oxygen atoms in total. The van der Waals surface area contributed by atoms with Gasteiger partial charge in [-0.2, -0.15) is 0 Å². The molecule has 1 N–H and O–H groups in total. The van der Waals surface area contributed by atoms with E-state index in [2.05, 4.69) is 0 Å². The molecule has 0 aliphatic heterocycles. The van der Waals surface area contributed by atoms with Gasteiger partial charge in [0, 0.05) is 12.0 Å². The molecule has 7 heteroatoms. The van der Waals surface area contributed by atoms with Crippen LogP contribution in [0.4, 0.5) is 9.18 Å². The monoisotopic (exact) mass is 435 g/mol. The average Bonchev–Trinajstić information content (AvgIpc) is 3.10. The summed E-state index contributed by atoms with van der Waals surface area (Å²) in [5.41, 5.74) is 4.35. The van der Waals surface area contributed by atoms with Crippen LogP contribution in [0.5, 0.6) is 5.75 Å². The summed E-state index contributed by atoms with van der Waals surface area (Å²) >= 11 is 0. The van der Waals surface area contributed by atoms with Crippen LogP contribution < -0.4 is 4.74 Å². The molecule has 1 amide bonds. The molecule has 0 fully saturated rings. The number of halogens is 1. The largest absolute Gasteiger partial charge is 0.492 e. The molecule has 164 valence electrons. The summed E-state index contributed by atoms with van der Waals surface area (Å²) < 4.78 is 24.2. The summed E-state index contributed by atoms with van der Waals surface area (Å²) in [7, 11) is 0. The van der Waals surface area contributed by atoms with Gasteiger partial charge in [0.15, 0.2) is 0 Å². The van der Waals surface area contributed by atoms with E-state index in [1.54, 1.807) is 6.07 Å². The summed E-state index contributed by atoms with van der Waals surface area (Å²) in [4.78, 5) is 25.0. The second-order valence-corrected chi connectivity index (χ2v) is 7.43. The number of carboxylic acid groups (broad SMARTS) is 1. The second kappa shape index (κ2) is 9.51. The number of nitrogens with zero attached hydrogens (tertiary/aromatic N) is 1. The molecule has 0 bridgehead atoms. The molecule has 0 radical (unpaired) electrons. The van der Waals surface area contributed by atoms with Crippen LogP contribution in [0.15, 0.2) is 72.8 Å². The Labute approximate surface area is 184 Å². The molecule has 0 aromatic heterocycles. The number of carbonyl (C=O) groups excluding carboxylic acids is 1. The minimum absolute atomic E-state index is 0.000921. The van der Waals surface area contributed by atoms with Crippen LogP contribution in [-0.2, 0) is 9.53 Å². The van der Waals surface area contributed by atoms with Crippen molar-refractivity contribution >= 4 is 12.1 Å². The van der Waals surface area contributed by atoms with Crippen molar-refractivity contribution in [2.75, 3.05) is 26.3 Å². The molecule has 0 saturated carbocycles. The van der Waals surface area contributed by atoms with Crippen LogP contribution in [0.25, 0.3) is 11.1 Å². The highest BCUT2D eigenvalue weighted by molar-refractivity contribution is 5.79. The van der Waals surface area contributed by atoms with Crippen molar-refractivity contribution in [3.05, 3.63) is 89.7 Å². The second-order valence-electron chi connectivity index (χ2n) is 7.43. The van der Waals surface area contributed by atoms with Crippen molar-refractivity contribution in [3.63, 3.8) is 0 Å². The lowest BCUT2D eigenvalue weighted by atomic mass is 9.98. The Bertz CT molecular complexity index is 1090. The summed E-state index contributed by atoms with van der Waals surface area (Å²) in [6.07, 6.45) is -0.739. The van der Waals surface area contributed by atoms with Crippen LogP contribution >= 0.6 is 0 Å². The quantitative estimate of drug-likeness (QED) is 0.562. The number of carboxylic acids is 1. The van der Waals surface area contributed by atoms with E-state index in [9.17, 15) is 19.1 Å². The maximum atomic E-state index is 13.3. The molecule has 1 aliphatic rings. The van der Waals surface area contributed by atoms with E-state index in [0.29, 0.717) is 5.75 Å². The minimum atomic E-state index is -1.16. The maximum absolute atomic E-state index is 13.3. The van der Waals surface area contributed by atoms with E-state index in [4.69, 9.17) is 9.47 Å². The van der Waals surface area contributed by atoms with Gasteiger partial charge in [-0.1, -0.05) is 54.6 Å². The van der Waals surface area contributed by atoms with Crippen molar-refractivity contribution in [3.8, 4) is 16.9 Å². The fourth-order valence-corrected chi connectivity index (χ4v) is 3.91. The molecule has 0 heterocycles. The first-order chi connectivity index (χ1) is 15.5. The Hall–Kier alpha value is -3.87. The number of carbonyl (C=O) groups is 2. The van der Waals surface area contributed by atoms with Crippen LogP contribution in [-0.4, -0.2) is 48.4 Å². The van der Waals surface area contributed by atoms with Crippen molar-refractivity contribution in [1.29, 1.82) is 0 Å². The van der Waals surface area contributed by atoms with Gasteiger partial charge in [-0.15, -0.1) is 0 Å². The van der Waals surface area contributed by atoms with E-state index >= 15 is 0 Å². The van der Waals surface area contributed by atoms with E-state index in [-0.39, 0.29) is 25.7 Å². The highest BCUT2D eigenvalue weighted by atomic mass is 19.1. The summed E-state index contributed by atoms with van der Waals surface area (Å²) in [5, 5.41) is 9.19. The topological polar surface area (TPSA) is 76.1 Å². The Morgan fingerprint density at radius 1 is 0.938 bits per heavy atom. The van der Waals surface area contributed by atoms with Crippen molar-refractivity contribution in [2.24, 2.45) is 0 Å². The van der Waals surface area contributed by atoms with Crippen molar-refractivity contribution < 1.29 is 28.6 Å². The minimum Gasteiger partial charge on any atom is -0.492 e. The molecular weight excluding hydrogens is 413 g/mol. The van der Waals surface area contributed by atoms with Gasteiger partial charge in [0.2, 0.25) is 0 Å². The van der Waals surface area contributed by atoms with Gasteiger partial charge in [0.25, 0.3) is 0 Å². The molecule has 0 atom stereocenters. The van der Waals surface area contributed by atoms with Gasteiger partial charge in [-0.05, 0) is 34.4 Å². The van der Waals surface area contributed by atoms with Gasteiger partial charge < -0.3 is 14.6 Å². The first-order valence-corrected chi connectivity index (χ1v) is 10.2. The Kier molecular flexibility index (Phi) is 6.35. The fourth-order valence-electron chi connectivity index (χ4n) is 3.91. The lowest BCUT2D eigenvalue weighted by Crippen LogP contribution is -2.39. The van der Waals surface area contributed by atoms with Crippen LogP contribution in [0.1, 0.15) is 17.0 Å². The van der Waals surface area contributed by atoms with E-state index in [0.717, 1.165) is 27.2 Å².